The van der Waals surface area contributed by atoms with Crippen LogP contribution in [-0.4, -0.2) is 227 Å². The predicted octanol–water partition coefficient (Wildman–Crippen LogP) is 22.8. The zero-order chi connectivity index (χ0) is 95.8. The second-order valence-electron chi connectivity index (χ2n) is 47.6. The van der Waals surface area contributed by atoms with Crippen LogP contribution < -0.4 is 28.4 Å². The molecule has 1 N–H and O–H groups in total. The van der Waals surface area contributed by atoms with Gasteiger partial charge in [-0.2, -0.15) is 0 Å². The van der Waals surface area contributed by atoms with Crippen molar-refractivity contribution < 1.29 is 106 Å². The molecule has 5 aliphatic rings. The number of ether oxygens (including phenoxy) is 8. The number of hydrogen-bond donors (Lipinski definition) is 1. The van der Waals surface area contributed by atoms with Gasteiger partial charge in [0.2, 0.25) is 17.3 Å². The Labute approximate surface area is 762 Å². The maximum atomic E-state index is 18.4. The van der Waals surface area contributed by atoms with E-state index in [1.54, 1.807) is 0 Å². The van der Waals surface area contributed by atoms with Crippen molar-refractivity contribution in [1.82, 2.24) is 0 Å². The second kappa shape index (κ2) is 36.1. The summed E-state index contributed by atoms with van der Waals surface area (Å²) in [5.41, 5.74) is -8.52. The van der Waals surface area contributed by atoms with Gasteiger partial charge in [0.05, 0.1) is 91.6 Å². The first-order valence-corrected chi connectivity index (χ1v) is 77.4. The summed E-state index contributed by atoms with van der Waals surface area (Å²) in [6, 6.07) is 1.85. The molecule has 0 saturated heterocycles. The Balaban J connectivity index is 1.64. The third kappa shape index (κ3) is 19.8. The van der Waals surface area contributed by atoms with E-state index in [4.69, 9.17) is 82.2 Å². The van der Waals surface area contributed by atoms with Crippen molar-refractivity contribution in [2.45, 2.75) is 385 Å². The molecule has 710 valence electrons. The molecule has 2 fully saturated rings. The van der Waals surface area contributed by atoms with E-state index in [1.165, 1.54) is 42.7 Å². The highest BCUT2D eigenvalue weighted by atomic mass is 28.4. The summed E-state index contributed by atoms with van der Waals surface area (Å²) >= 11 is 0. The molecule has 5 aliphatic carbocycles. The lowest BCUT2D eigenvalue weighted by atomic mass is 9.52. The molecule has 0 radical (unpaired) electrons. The zero-order valence-corrected chi connectivity index (χ0v) is 95.8. The number of ketones is 4. The van der Waals surface area contributed by atoms with Crippen molar-refractivity contribution in [3.05, 3.63) is 39.5 Å². The highest BCUT2D eigenvalue weighted by Gasteiger charge is 2.80. The fourth-order valence-corrected chi connectivity index (χ4v) is 31.9. The standard InChI is InChI=1S/C92H164O23Si10/c1-47-49-89(112-118(27,28)29)83(110-124(43,44)87(9,10)11)79(108-122(39,40)85(3,4)5)72(106-116(21,22)23)59-52-56-51-58-62(69(94)61(56)81(96)91(59,89)114-120(33,34)35)74(104-54-98-15)66(77(102-19)71(58)100-17)67-75(105-55-99-16)65-64(76(101-18)78(67)103-20)68(93)57-53-60-73(107-117(24,25)26)80(109-123(41,42)86(6,7)8)84(111-125(45,46)88(12,13)14)90(50-48-2,113-119(30,31)32)92(60,115-121(36,37)38)82(97)63(57)70(65)95/h51,59-60,72-73,79-80,83-84,94H,47-50,52-55H2,1-46H3/t59-,60-,72+,73+,79-,80-,83+,84+,89+,90+,91-,92-/m1/s1. The third-order valence-corrected chi connectivity index (χ3v) is 50.8. The molecule has 8 rings (SSSR count). The van der Waals surface area contributed by atoms with Crippen molar-refractivity contribution >= 4 is 117 Å². The molecule has 0 aromatic heterocycles. The van der Waals surface area contributed by atoms with Gasteiger partial charge in [-0.1, -0.05) is 110 Å². The van der Waals surface area contributed by atoms with Gasteiger partial charge in [-0.25, -0.2) is 0 Å². The summed E-state index contributed by atoms with van der Waals surface area (Å²) in [7, 11) is -21.0. The smallest absolute Gasteiger partial charge is 0.201 e. The van der Waals surface area contributed by atoms with Gasteiger partial charge in [0.1, 0.15) is 40.7 Å². The minimum Gasteiger partial charge on any atom is -0.506 e. The lowest BCUT2D eigenvalue weighted by molar-refractivity contribution is -0.268. The fourth-order valence-electron chi connectivity index (χ4n) is 18.7. The van der Waals surface area contributed by atoms with E-state index >= 15 is 19.2 Å². The number of methoxy groups -OCH3 is 6. The van der Waals surface area contributed by atoms with Crippen LogP contribution in [0.4, 0.5) is 0 Å². The quantitative estimate of drug-likeness (QED) is 0.0326. The molecular weight excluding hydrogens is 1750 g/mol. The summed E-state index contributed by atoms with van der Waals surface area (Å²) in [6.07, 6.45) is -4.25. The maximum Gasteiger partial charge on any atom is 0.201 e. The number of rotatable bonds is 35. The van der Waals surface area contributed by atoms with E-state index in [9.17, 15) is 5.11 Å². The Hall–Kier alpha value is -3.37. The van der Waals surface area contributed by atoms with E-state index in [0.717, 1.165) is 0 Å². The Morgan fingerprint density at radius 3 is 1.04 bits per heavy atom. The summed E-state index contributed by atoms with van der Waals surface area (Å²) < 4.78 is 133. The summed E-state index contributed by atoms with van der Waals surface area (Å²) in [4.78, 5) is 71.9. The van der Waals surface area contributed by atoms with Gasteiger partial charge in [-0.3, -0.25) is 19.2 Å². The van der Waals surface area contributed by atoms with E-state index in [-0.39, 0.29) is 114 Å². The largest absolute Gasteiger partial charge is 0.506 e. The van der Waals surface area contributed by atoms with Crippen LogP contribution in [0.3, 0.4) is 0 Å². The maximum absolute atomic E-state index is 18.4. The molecule has 2 saturated carbocycles. The van der Waals surface area contributed by atoms with Crippen molar-refractivity contribution in [3.63, 3.8) is 0 Å². The number of aromatic hydroxyl groups is 1. The highest BCUT2D eigenvalue weighted by Crippen LogP contribution is 2.68. The molecule has 3 aromatic rings. The molecule has 33 heteroatoms. The number of allylic oxidation sites excluding steroid dienone is 1. The Bertz CT molecular complexity index is 4550. The first-order valence-electron chi connectivity index (χ1n) is 45.3. The average molecular weight is 1920 g/mol. The number of hydrogen-bond acceptors (Lipinski definition) is 23. The molecule has 0 amide bonds. The molecule has 3 aromatic carbocycles. The predicted molar refractivity (Wildman–Crippen MR) is 526 cm³/mol. The number of phenolic OH excluding ortho intramolecular Hbond substituents is 1. The Kier molecular flexibility index (Phi) is 30.9. The molecule has 23 nitrogen and oxygen atoms in total. The van der Waals surface area contributed by atoms with Crippen LogP contribution in [-0.2, 0) is 64.9 Å². The normalized spacial score (nSPS) is 26.1. The highest BCUT2D eigenvalue weighted by molar-refractivity contribution is 6.77. The molecule has 0 aliphatic heterocycles. The number of phenols is 1. The molecule has 125 heavy (non-hydrogen) atoms. The average Bonchev–Trinajstić information content (AvgIpc) is 0.667. The van der Waals surface area contributed by atoms with Crippen LogP contribution >= 0.6 is 0 Å². The third-order valence-electron chi connectivity index (χ3n) is 27.2. The SMILES string of the molecule is CCC[C@]1(O[Si](C)(C)C)[C@@H](O[Si](C)(C)C(C)(C)C)[C@H](O[Si](C)(C)C(C)(C)C)[C@@H](O[Si](C)(C)C)[C@H]2CC3=C(C(=O)c4c(OCOC)c(-c5c(OC)c(OC)c6cc7c(c(O)c6c5OCOC)C(=O)[C@]5(O[Si](C)(C)C)[C@H](C7)[C@H](O[Si](C)(C)C)[C@@H](O[Si](C)(C)C(C)(C)C)[C@H](O[Si](C)(C)C(C)(C)C)[C@]5(CCC)O[Si](C)(C)C)c(OC)c(OC)c4C3=O)C(=O)[C@]21O[Si](C)(C)C. The van der Waals surface area contributed by atoms with E-state index < -0.39 is 213 Å². The van der Waals surface area contributed by atoms with Crippen molar-refractivity contribution in [2.24, 2.45) is 11.8 Å². The van der Waals surface area contributed by atoms with Crippen LogP contribution in [0.2, 0.25) is 190 Å². The lowest BCUT2D eigenvalue weighted by Gasteiger charge is -2.68. The molecule has 0 unspecified atom stereocenters. The number of carbonyl (C=O) groups is 4. The van der Waals surface area contributed by atoms with Crippen LogP contribution in [0.25, 0.3) is 21.9 Å². The second-order valence-corrected chi connectivity index (χ2v) is 93.3. The topological polar surface area (TPSA) is 255 Å². The van der Waals surface area contributed by atoms with Gasteiger partial charge in [-0.15, -0.1) is 0 Å². The van der Waals surface area contributed by atoms with Gasteiger partial charge >= 0.3 is 0 Å². The van der Waals surface area contributed by atoms with E-state index in [2.05, 4.69) is 248 Å². The first kappa shape index (κ1) is 107. The molecule has 12 atom stereocenters. The van der Waals surface area contributed by atoms with Crippen LogP contribution in [0.1, 0.15) is 166 Å². The Morgan fingerprint density at radius 1 is 0.368 bits per heavy atom. The van der Waals surface area contributed by atoms with E-state index in [1.807, 2.05) is 25.7 Å². The Morgan fingerprint density at radius 2 is 0.696 bits per heavy atom. The molecule has 0 spiro atoms. The first-order chi connectivity index (χ1) is 56.4. The van der Waals surface area contributed by atoms with Gasteiger partial charge in [-0.05, 0) is 228 Å². The minimum absolute atomic E-state index is 0.0287. The number of fused-ring (bicyclic) bond motifs is 5. The van der Waals surface area contributed by atoms with E-state index in [0.29, 0.717) is 18.4 Å². The van der Waals surface area contributed by atoms with Crippen molar-refractivity contribution in [1.29, 1.82) is 0 Å². The van der Waals surface area contributed by atoms with Crippen molar-refractivity contribution in [2.75, 3.05) is 56.2 Å². The molecular formula is C92H164O23Si10. The lowest BCUT2D eigenvalue weighted by Crippen LogP contribution is -2.85. The summed E-state index contributed by atoms with van der Waals surface area (Å²) in [5.74, 6) is -6.31. The summed E-state index contributed by atoms with van der Waals surface area (Å²) in [6.45, 7) is 85.3. The molecule has 0 heterocycles. The van der Waals surface area contributed by atoms with Crippen LogP contribution in [0.5, 0.6) is 40.2 Å². The monoisotopic (exact) mass is 1920 g/mol. The molecule has 0 bridgehead atoms. The van der Waals surface area contributed by atoms with Gasteiger partial charge in [0, 0.05) is 37.0 Å². The number of Topliss-reactive ketones (excluding diaryl/α,β-unsaturated/α-hetero) is 4. The van der Waals surface area contributed by atoms with Gasteiger partial charge in [0.25, 0.3) is 0 Å². The van der Waals surface area contributed by atoms with Crippen LogP contribution in [0.15, 0.2) is 17.2 Å². The minimum atomic E-state index is -3.17. The van der Waals surface area contributed by atoms with Crippen LogP contribution in [0, 0.1) is 11.8 Å². The summed E-state index contributed by atoms with van der Waals surface area (Å²) in [5, 5.41) is 13.3. The van der Waals surface area contributed by atoms with Gasteiger partial charge in [0.15, 0.2) is 137 Å². The fraction of sp³-hybridized carbons (Fsp3) is 0.761. The zero-order valence-electron chi connectivity index (χ0n) is 85.8. The van der Waals surface area contributed by atoms with Crippen molar-refractivity contribution in [3.8, 4) is 51.4 Å². The number of carbonyl (C=O) groups excluding carboxylic acids is 4. The van der Waals surface area contributed by atoms with Gasteiger partial charge < -0.3 is 87.3 Å². The number of benzene rings is 3.